The molecule has 0 aliphatic heterocycles. The second kappa shape index (κ2) is 8.54. The van der Waals surface area contributed by atoms with Crippen molar-refractivity contribution in [3.63, 3.8) is 0 Å². The van der Waals surface area contributed by atoms with Crippen LogP contribution in [0.25, 0.3) is 0 Å². The van der Waals surface area contributed by atoms with E-state index in [1.54, 1.807) is 13.8 Å². The molecule has 0 fully saturated rings. The molecule has 0 saturated carbocycles. The van der Waals surface area contributed by atoms with E-state index in [2.05, 4.69) is 22.2 Å². The number of amides is 1. The minimum Gasteiger partial charge on any atom is -0.461 e. The summed E-state index contributed by atoms with van der Waals surface area (Å²) in [5.41, 5.74) is 2.26. The molecule has 2 rings (SSSR count). The number of aromatic amines is 1. The van der Waals surface area contributed by atoms with Crippen LogP contribution in [0, 0.1) is 0 Å². The summed E-state index contributed by atoms with van der Waals surface area (Å²) in [5.74, 6) is -0.580. The number of nitrogens with zero attached hydrogens (tertiary/aromatic N) is 1. The Bertz CT molecular complexity index is 697. The van der Waals surface area contributed by atoms with E-state index in [9.17, 15) is 9.59 Å². The van der Waals surface area contributed by atoms with Crippen LogP contribution in [0.4, 0.5) is 5.69 Å². The van der Waals surface area contributed by atoms with E-state index in [1.165, 1.54) is 23.5 Å². The number of hydrogen-bond acceptors (Lipinski definition) is 5. The number of anilines is 1. The van der Waals surface area contributed by atoms with Gasteiger partial charge >= 0.3 is 5.97 Å². The molecule has 0 bridgehead atoms. The summed E-state index contributed by atoms with van der Waals surface area (Å²) in [4.78, 5) is 30.8. The quantitative estimate of drug-likeness (QED) is 0.593. The third-order valence-corrected chi connectivity index (χ3v) is 4.33. The first-order valence-corrected chi connectivity index (χ1v) is 8.70. The van der Waals surface area contributed by atoms with Crippen LogP contribution in [0.3, 0.4) is 0 Å². The molecule has 6 nitrogen and oxygen atoms in total. The number of esters is 1. The third-order valence-electron chi connectivity index (χ3n) is 3.34. The van der Waals surface area contributed by atoms with E-state index in [4.69, 9.17) is 4.74 Å². The van der Waals surface area contributed by atoms with Crippen LogP contribution < -0.4 is 5.32 Å². The highest BCUT2D eigenvalue weighted by Gasteiger charge is 2.18. The number of rotatable bonds is 7. The highest BCUT2D eigenvalue weighted by atomic mass is 32.2. The number of aryl methyl sites for hydroxylation is 1. The maximum atomic E-state index is 12.2. The normalized spacial score (nSPS) is 11.8. The van der Waals surface area contributed by atoms with E-state index in [1.807, 2.05) is 24.3 Å². The molecule has 7 heteroatoms. The zero-order valence-corrected chi connectivity index (χ0v) is 14.8. The number of carbonyl (C=O) groups is 2. The molecular formula is C17H21N3O3S. The van der Waals surface area contributed by atoms with E-state index < -0.39 is 5.97 Å². The molecule has 0 aliphatic rings. The van der Waals surface area contributed by atoms with Gasteiger partial charge in [0.1, 0.15) is 5.69 Å². The summed E-state index contributed by atoms with van der Waals surface area (Å²) < 4.78 is 4.89. The van der Waals surface area contributed by atoms with Gasteiger partial charge in [0.05, 0.1) is 18.1 Å². The van der Waals surface area contributed by atoms with Crippen molar-refractivity contribution in [2.75, 3.05) is 11.9 Å². The standard InChI is InChI=1S/C17H21N3O3S/c1-4-12-6-8-13(9-7-12)19-15(21)11(3)24-17-18-10-14(20-17)16(22)23-5-2/h6-11H,4-5H2,1-3H3,(H,18,20)(H,19,21). The first-order valence-electron chi connectivity index (χ1n) is 7.82. The van der Waals surface area contributed by atoms with Gasteiger partial charge in [0.2, 0.25) is 5.91 Å². The Hall–Kier alpha value is -2.28. The molecule has 1 atom stereocenters. The van der Waals surface area contributed by atoms with E-state index >= 15 is 0 Å². The summed E-state index contributed by atoms with van der Waals surface area (Å²) in [6.45, 7) is 5.91. The molecule has 1 aromatic heterocycles. The van der Waals surface area contributed by atoms with Gasteiger partial charge in [-0.15, -0.1) is 0 Å². The van der Waals surface area contributed by atoms with E-state index in [-0.39, 0.29) is 16.9 Å². The molecular weight excluding hydrogens is 326 g/mol. The molecule has 1 aromatic carbocycles. The molecule has 24 heavy (non-hydrogen) atoms. The van der Waals surface area contributed by atoms with Gasteiger partial charge in [0, 0.05) is 5.69 Å². The van der Waals surface area contributed by atoms with Crippen LogP contribution in [0.15, 0.2) is 35.6 Å². The summed E-state index contributed by atoms with van der Waals surface area (Å²) in [5, 5.41) is 3.01. The number of aromatic nitrogens is 2. The second-order valence-corrected chi connectivity index (χ2v) is 6.45. The Morgan fingerprint density at radius 2 is 2.00 bits per heavy atom. The molecule has 0 radical (unpaired) electrons. The summed E-state index contributed by atoms with van der Waals surface area (Å²) in [6.07, 6.45) is 2.37. The Morgan fingerprint density at radius 1 is 1.29 bits per heavy atom. The number of ether oxygens (including phenoxy) is 1. The van der Waals surface area contributed by atoms with Gasteiger partial charge in [-0.3, -0.25) is 4.79 Å². The topological polar surface area (TPSA) is 84.1 Å². The second-order valence-electron chi connectivity index (χ2n) is 5.12. The zero-order valence-electron chi connectivity index (χ0n) is 14.0. The fraction of sp³-hybridized carbons (Fsp3) is 0.353. The van der Waals surface area contributed by atoms with E-state index in [0.717, 1.165) is 12.1 Å². The molecule has 2 aromatic rings. The van der Waals surface area contributed by atoms with Gasteiger partial charge < -0.3 is 15.0 Å². The number of carbonyl (C=O) groups excluding carboxylic acids is 2. The predicted octanol–water partition coefficient (Wildman–Crippen LogP) is 3.27. The molecule has 1 heterocycles. The van der Waals surface area contributed by atoms with Crippen molar-refractivity contribution in [3.05, 3.63) is 41.7 Å². The number of hydrogen-bond donors (Lipinski definition) is 2. The number of nitrogens with one attached hydrogen (secondary N) is 2. The SMILES string of the molecule is CCOC(=O)c1cnc(SC(C)C(=O)Nc2ccc(CC)cc2)[nH]1. The van der Waals surface area contributed by atoms with Crippen LogP contribution >= 0.6 is 11.8 Å². The fourth-order valence-electron chi connectivity index (χ4n) is 1.96. The molecule has 0 spiro atoms. The Labute approximate surface area is 145 Å². The average Bonchev–Trinajstić information content (AvgIpc) is 3.04. The molecule has 2 N–H and O–H groups in total. The van der Waals surface area contributed by atoms with Crippen LogP contribution in [0.1, 0.15) is 36.8 Å². The van der Waals surface area contributed by atoms with Gasteiger partial charge in [-0.2, -0.15) is 0 Å². The van der Waals surface area contributed by atoms with Crippen molar-refractivity contribution in [3.8, 4) is 0 Å². The maximum Gasteiger partial charge on any atom is 0.356 e. The lowest BCUT2D eigenvalue weighted by molar-refractivity contribution is -0.115. The largest absolute Gasteiger partial charge is 0.461 e. The molecule has 1 amide bonds. The number of thioether (sulfide) groups is 1. The van der Waals surface area contributed by atoms with Crippen LogP contribution in [0.5, 0.6) is 0 Å². The molecule has 128 valence electrons. The maximum absolute atomic E-state index is 12.2. The van der Waals surface area contributed by atoms with Crippen LogP contribution in [-0.2, 0) is 16.0 Å². The Kier molecular flexibility index (Phi) is 6.43. The van der Waals surface area contributed by atoms with Crippen LogP contribution in [0.2, 0.25) is 0 Å². The van der Waals surface area contributed by atoms with Gasteiger partial charge in [0.25, 0.3) is 0 Å². The smallest absolute Gasteiger partial charge is 0.356 e. The van der Waals surface area contributed by atoms with Crippen molar-refractivity contribution in [1.82, 2.24) is 9.97 Å². The van der Waals surface area contributed by atoms with Crippen LogP contribution in [-0.4, -0.2) is 33.7 Å². The van der Waals surface area contributed by atoms with Gasteiger partial charge in [-0.1, -0.05) is 30.8 Å². The summed E-state index contributed by atoms with van der Waals surface area (Å²) in [7, 11) is 0. The Balaban J connectivity index is 1.92. The number of benzene rings is 1. The first kappa shape index (κ1) is 18.1. The van der Waals surface area contributed by atoms with Crippen molar-refractivity contribution in [2.24, 2.45) is 0 Å². The van der Waals surface area contributed by atoms with Crippen molar-refractivity contribution in [2.45, 2.75) is 37.6 Å². The fourth-order valence-corrected chi connectivity index (χ4v) is 2.75. The highest BCUT2D eigenvalue weighted by Crippen LogP contribution is 2.21. The lowest BCUT2D eigenvalue weighted by Gasteiger charge is -2.11. The monoisotopic (exact) mass is 347 g/mol. The molecule has 0 saturated heterocycles. The van der Waals surface area contributed by atoms with E-state index in [0.29, 0.717) is 11.8 Å². The summed E-state index contributed by atoms with van der Waals surface area (Å²) in [6, 6.07) is 7.76. The molecule has 0 aliphatic carbocycles. The van der Waals surface area contributed by atoms with Crippen molar-refractivity contribution >= 4 is 29.3 Å². The molecule has 1 unspecified atom stereocenters. The minimum atomic E-state index is -0.454. The Morgan fingerprint density at radius 3 is 2.62 bits per heavy atom. The van der Waals surface area contributed by atoms with Gasteiger partial charge in [0.15, 0.2) is 5.16 Å². The van der Waals surface area contributed by atoms with Crippen molar-refractivity contribution < 1.29 is 14.3 Å². The zero-order chi connectivity index (χ0) is 17.5. The number of imidazole rings is 1. The summed E-state index contributed by atoms with van der Waals surface area (Å²) >= 11 is 1.25. The average molecular weight is 347 g/mol. The van der Waals surface area contributed by atoms with Gasteiger partial charge in [-0.05, 0) is 38.0 Å². The number of H-pyrrole nitrogens is 1. The highest BCUT2D eigenvalue weighted by molar-refractivity contribution is 8.00. The predicted molar refractivity (Wildman–Crippen MR) is 94.3 cm³/mol. The lowest BCUT2D eigenvalue weighted by atomic mass is 10.1. The first-order chi connectivity index (χ1) is 11.5. The van der Waals surface area contributed by atoms with Gasteiger partial charge in [-0.25, -0.2) is 9.78 Å². The third kappa shape index (κ3) is 4.86. The minimum absolute atomic E-state index is 0.127. The lowest BCUT2D eigenvalue weighted by Crippen LogP contribution is -2.22. The van der Waals surface area contributed by atoms with Crippen molar-refractivity contribution in [1.29, 1.82) is 0 Å².